The first-order chi connectivity index (χ1) is 10.8. The van der Waals surface area contributed by atoms with Crippen LogP contribution in [0.5, 0.6) is 0 Å². The van der Waals surface area contributed by atoms with Crippen molar-refractivity contribution in [3.63, 3.8) is 0 Å². The largest absolute Gasteiger partial charge is 0.356 e. The number of halogens is 2. The highest BCUT2D eigenvalue weighted by atomic mass is 35.5. The van der Waals surface area contributed by atoms with Gasteiger partial charge in [-0.05, 0) is 18.2 Å². The number of hydrogen-bond donors (Lipinski definition) is 1. The average molecular weight is 330 g/mol. The Balaban J connectivity index is 1.96. The molecule has 4 aromatic rings. The van der Waals surface area contributed by atoms with Crippen molar-refractivity contribution < 1.29 is 4.52 Å². The van der Waals surface area contributed by atoms with Crippen LogP contribution in [0.15, 0.2) is 53.4 Å². The van der Waals surface area contributed by atoms with Gasteiger partial charge in [0, 0.05) is 28.9 Å². The Labute approximate surface area is 135 Å². The maximum absolute atomic E-state index is 6.31. The molecule has 1 aromatic carbocycles. The van der Waals surface area contributed by atoms with E-state index in [4.69, 9.17) is 27.7 Å². The minimum atomic E-state index is 0.478. The fourth-order valence-electron chi connectivity index (χ4n) is 2.48. The molecule has 0 unspecified atom stereocenters. The molecule has 0 atom stereocenters. The van der Waals surface area contributed by atoms with Crippen LogP contribution < -0.4 is 0 Å². The second-order valence-corrected chi connectivity index (χ2v) is 5.56. The van der Waals surface area contributed by atoms with Crippen LogP contribution in [-0.2, 0) is 0 Å². The van der Waals surface area contributed by atoms with Gasteiger partial charge in [0.1, 0.15) is 5.65 Å². The molecule has 0 aliphatic rings. The third kappa shape index (κ3) is 2.00. The summed E-state index contributed by atoms with van der Waals surface area (Å²) in [5.41, 5.74) is 3.24. The molecule has 0 saturated carbocycles. The van der Waals surface area contributed by atoms with Gasteiger partial charge in [0.25, 0.3) is 0 Å². The molecule has 4 rings (SSSR count). The number of hydrogen-bond acceptors (Lipinski definition) is 3. The molecule has 0 radical (unpaired) electrons. The van der Waals surface area contributed by atoms with Gasteiger partial charge in [-0.2, -0.15) is 0 Å². The summed E-state index contributed by atoms with van der Waals surface area (Å²) in [7, 11) is 0. The zero-order valence-electron chi connectivity index (χ0n) is 11.2. The third-order valence-corrected chi connectivity index (χ3v) is 4.33. The Hall–Kier alpha value is -2.30. The van der Waals surface area contributed by atoms with E-state index in [1.807, 2.05) is 30.5 Å². The van der Waals surface area contributed by atoms with Gasteiger partial charge in [-0.1, -0.05) is 40.5 Å². The number of rotatable bonds is 2. The van der Waals surface area contributed by atoms with Crippen LogP contribution >= 0.6 is 23.2 Å². The van der Waals surface area contributed by atoms with E-state index in [2.05, 4.69) is 15.1 Å². The van der Waals surface area contributed by atoms with E-state index in [9.17, 15) is 0 Å². The summed E-state index contributed by atoms with van der Waals surface area (Å²) in [4.78, 5) is 7.40. The summed E-state index contributed by atoms with van der Waals surface area (Å²) < 4.78 is 5.47. The lowest BCUT2D eigenvalue weighted by atomic mass is 10.0. The fourth-order valence-corrected chi connectivity index (χ4v) is 2.88. The van der Waals surface area contributed by atoms with Crippen molar-refractivity contribution >= 4 is 34.2 Å². The van der Waals surface area contributed by atoms with Crippen LogP contribution in [0.3, 0.4) is 0 Å². The van der Waals surface area contributed by atoms with Crippen molar-refractivity contribution in [2.45, 2.75) is 0 Å². The highest BCUT2D eigenvalue weighted by Crippen LogP contribution is 2.40. The molecule has 108 valence electrons. The summed E-state index contributed by atoms with van der Waals surface area (Å²) in [6, 6.07) is 9.33. The van der Waals surface area contributed by atoms with Gasteiger partial charge in [0.05, 0.1) is 21.8 Å². The van der Waals surface area contributed by atoms with Crippen molar-refractivity contribution in [1.29, 1.82) is 0 Å². The Morgan fingerprint density at radius 2 is 1.91 bits per heavy atom. The number of nitrogens with zero attached hydrogens (tertiary/aromatic N) is 2. The summed E-state index contributed by atoms with van der Waals surface area (Å²) in [5, 5.41) is 5.85. The zero-order valence-corrected chi connectivity index (χ0v) is 12.7. The van der Waals surface area contributed by atoms with E-state index in [1.165, 1.54) is 0 Å². The van der Waals surface area contributed by atoms with Crippen molar-refractivity contribution in [3.8, 4) is 22.5 Å². The molecule has 4 nitrogen and oxygen atoms in total. The fraction of sp³-hybridized carbons (Fsp3) is 0. The zero-order chi connectivity index (χ0) is 15.1. The molecular weight excluding hydrogens is 321 g/mol. The summed E-state index contributed by atoms with van der Waals surface area (Å²) in [6.07, 6.45) is 5.22. The molecule has 0 aliphatic carbocycles. The van der Waals surface area contributed by atoms with Crippen molar-refractivity contribution in [2.75, 3.05) is 0 Å². The van der Waals surface area contributed by atoms with E-state index in [1.54, 1.807) is 18.5 Å². The topological polar surface area (TPSA) is 54.7 Å². The maximum atomic E-state index is 6.31. The number of fused-ring (bicyclic) bond motifs is 1. The van der Waals surface area contributed by atoms with Crippen LogP contribution in [0.25, 0.3) is 33.5 Å². The number of aromatic amines is 1. The highest BCUT2D eigenvalue weighted by molar-refractivity contribution is 6.43. The quantitative estimate of drug-likeness (QED) is 0.550. The predicted octanol–water partition coefficient (Wildman–Crippen LogP) is 5.19. The van der Waals surface area contributed by atoms with Gasteiger partial charge >= 0.3 is 0 Å². The van der Waals surface area contributed by atoms with E-state index in [0.29, 0.717) is 15.8 Å². The molecule has 6 heteroatoms. The second kappa shape index (κ2) is 5.16. The lowest BCUT2D eigenvalue weighted by Crippen LogP contribution is -1.82. The Morgan fingerprint density at radius 1 is 1.00 bits per heavy atom. The monoisotopic (exact) mass is 329 g/mol. The SMILES string of the molecule is Clc1cccc(-c2cnoc2-c2c[nH]c3ncccc23)c1Cl. The molecular formula is C16H9Cl2N3O. The summed E-state index contributed by atoms with van der Waals surface area (Å²) in [6.45, 7) is 0. The molecule has 0 aliphatic heterocycles. The molecule has 0 spiro atoms. The van der Waals surface area contributed by atoms with E-state index in [0.717, 1.165) is 27.7 Å². The van der Waals surface area contributed by atoms with Crippen LogP contribution in [0.4, 0.5) is 0 Å². The van der Waals surface area contributed by atoms with Crippen molar-refractivity contribution in [1.82, 2.24) is 15.1 Å². The molecule has 3 heterocycles. The second-order valence-electron chi connectivity index (χ2n) is 4.77. The minimum absolute atomic E-state index is 0.478. The van der Waals surface area contributed by atoms with Crippen LogP contribution in [0.1, 0.15) is 0 Å². The van der Waals surface area contributed by atoms with E-state index >= 15 is 0 Å². The van der Waals surface area contributed by atoms with Crippen molar-refractivity contribution in [2.24, 2.45) is 0 Å². The first-order valence-electron chi connectivity index (χ1n) is 6.57. The van der Waals surface area contributed by atoms with Gasteiger partial charge in [0.2, 0.25) is 0 Å². The Bertz CT molecular complexity index is 974. The normalized spacial score (nSPS) is 11.2. The Kier molecular flexibility index (Phi) is 3.13. The van der Waals surface area contributed by atoms with E-state index in [-0.39, 0.29) is 0 Å². The molecule has 3 aromatic heterocycles. The van der Waals surface area contributed by atoms with Gasteiger partial charge < -0.3 is 9.51 Å². The number of nitrogens with one attached hydrogen (secondary N) is 1. The molecule has 0 amide bonds. The van der Waals surface area contributed by atoms with Crippen LogP contribution in [0, 0.1) is 0 Å². The van der Waals surface area contributed by atoms with Crippen molar-refractivity contribution in [3.05, 3.63) is 59.0 Å². The molecule has 1 N–H and O–H groups in total. The Morgan fingerprint density at radius 3 is 2.82 bits per heavy atom. The molecule has 0 fully saturated rings. The maximum Gasteiger partial charge on any atom is 0.176 e. The van der Waals surface area contributed by atoms with Crippen LogP contribution in [-0.4, -0.2) is 15.1 Å². The lowest BCUT2D eigenvalue weighted by molar-refractivity contribution is 0.433. The number of pyridine rings is 1. The minimum Gasteiger partial charge on any atom is -0.356 e. The third-order valence-electron chi connectivity index (χ3n) is 3.51. The standard InChI is InChI=1S/C16H9Cl2N3O/c17-13-5-1-3-9(14(13)18)12-8-21-22-15(12)11-7-20-16-10(11)4-2-6-19-16/h1-8H,(H,19,20). The summed E-state index contributed by atoms with van der Waals surface area (Å²) >= 11 is 12.4. The number of aromatic nitrogens is 3. The smallest absolute Gasteiger partial charge is 0.176 e. The van der Waals surface area contributed by atoms with Gasteiger partial charge in [-0.3, -0.25) is 0 Å². The van der Waals surface area contributed by atoms with Gasteiger partial charge in [-0.15, -0.1) is 0 Å². The first-order valence-corrected chi connectivity index (χ1v) is 7.33. The number of benzene rings is 1. The molecule has 22 heavy (non-hydrogen) atoms. The van der Waals surface area contributed by atoms with E-state index < -0.39 is 0 Å². The number of H-pyrrole nitrogens is 1. The first kappa shape index (κ1) is 13.4. The average Bonchev–Trinajstić information content (AvgIpc) is 3.16. The highest BCUT2D eigenvalue weighted by Gasteiger charge is 2.19. The lowest BCUT2D eigenvalue weighted by Gasteiger charge is -2.04. The molecule has 0 saturated heterocycles. The van der Waals surface area contributed by atoms with Gasteiger partial charge in [0.15, 0.2) is 5.76 Å². The summed E-state index contributed by atoms with van der Waals surface area (Å²) in [5.74, 6) is 0.628. The molecule has 0 bridgehead atoms. The predicted molar refractivity (Wildman–Crippen MR) is 87.0 cm³/mol. The van der Waals surface area contributed by atoms with Gasteiger partial charge in [-0.25, -0.2) is 4.98 Å². The van der Waals surface area contributed by atoms with Crippen LogP contribution in [0.2, 0.25) is 10.0 Å².